The second-order valence-electron chi connectivity index (χ2n) is 7.48. The van der Waals surface area contributed by atoms with Crippen LogP contribution in [0.1, 0.15) is 29.5 Å². The molecule has 130 valence electrons. The van der Waals surface area contributed by atoms with E-state index >= 15 is 0 Å². The first kappa shape index (κ1) is 16.3. The van der Waals surface area contributed by atoms with Gasteiger partial charge in [-0.1, -0.05) is 54.6 Å². The quantitative estimate of drug-likeness (QED) is 0.912. The van der Waals surface area contributed by atoms with Crippen LogP contribution in [0.5, 0.6) is 0 Å². The Balaban J connectivity index is 1.39. The fraction of sp³-hybridized carbons (Fsp3) is 0.409. The summed E-state index contributed by atoms with van der Waals surface area (Å²) in [5, 5.41) is 0. The highest BCUT2D eigenvalue weighted by Crippen LogP contribution is 2.21. The van der Waals surface area contributed by atoms with Gasteiger partial charge in [-0.3, -0.25) is 4.79 Å². The molecule has 2 unspecified atom stereocenters. The minimum absolute atomic E-state index is 0.192. The van der Waals surface area contributed by atoms with Gasteiger partial charge in [-0.05, 0) is 30.4 Å². The van der Waals surface area contributed by atoms with Gasteiger partial charge in [0.1, 0.15) is 6.54 Å². The molecule has 0 aromatic heterocycles. The van der Waals surface area contributed by atoms with Crippen LogP contribution in [0.15, 0.2) is 54.6 Å². The number of hydrogen-bond acceptors (Lipinski definition) is 1. The van der Waals surface area contributed by atoms with E-state index in [1.165, 1.54) is 23.2 Å². The maximum absolute atomic E-state index is 13.1. The van der Waals surface area contributed by atoms with Crippen molar-refractivity contribution in [2.75, 3.05) is 19.6 Å². The third-order valence-electron chi connectivity index (χ3n) is 5.71. The summed E-state index contributed by atoms with van der Waals surface area (Å²) < 4.78 is 0. The summed E-state index contributed by atoms with van der Waals surface area (Å²) in [7, 11) is 0. The van der Waals surface area contributed by atoms with E-state index in [-0.39, 0.29) is 5.92 Å². The number of carbonyl (C=O) groups excluding carboxylic acids is 1. The monoisotopic (exact) mass is 335 g/mol. The number of fused-ring (bicyclic) bond motifs is 1. The van der Waals surface area contributed by atoms with E-state index in [2.05, 4.69) is 59.5 Å². The number of quaternary nitrogens is 1. The van der Waals surface area contributed by atoms with Crippen LogP contribution in [0.3, 0.4) is 0 Å². The number of likely N-dealkylation sites (tertiary alicyclic amines) is 1. The van der Waals surface area contributed by atoms with E-state index in [0.717, 1.165) is 45.4 Å². The molecule has 1 saturated heterocycles. The van der Waals surface area contributed by atoms with Crippen LogP contribution in [0.25, 0.3) is 0 Å². The van der Waals surface area contributed by atoms with Crippen LogP contribution in [-0.2, 0) is 24.3 Å². The van der Waals surface area contributed by atoms with Gasteiger partial charge in [0.25, 0.3) is 0 Å². The molecule has 2 aliphatic rings. The molecular formula is C22H27N2O+. The summed E-state index contributed by atoms with van der Waals surface area (Å²) in [6.45, 7) is 4.86. The fourth-order valence-electron chi connectivity index (χ4n) is 4.35. The highest BCUT2D eigenvalue weighted by Gasteiger charge is 2.32. The van der Waals surface area contributed by atoms with E-state index in [9.17, 15) is 4.79 Å². The van der Waals surface area contributed by atoms with Crippen LogP contribution in [0.2, 0.25) is 0 Å². The van der Waals surface area contributed by atoms with Crippen LogP contribution in [0.4, 0.5) is 0 Å². The zero-order valence-corrected chi connectivity index (χ0v) is 14.8. The normalized spacial score (nSPS) is 23.1. The van der Waals surface area contributed by atoms with Gasteiger partial charge in [0.15, 0.2) is 0 Å². The third-order valence-corrected chi connectivity index (χ3v) is 5.71. The summed E-state index contributed by atoms with van der Waals surface area (Å²) >= 11 is 0. The summed E-state index contributed by atoms with van der Waals surface area (Å²) in [6, 6.07) is 19.2. The molecule has 1 N–H and O–H groups in total. The molecule has 3 heteroatoms. The zero-order chi connectivity index (χ0) is 17.1. The highest BCUT2D eigenvalue weighted by atomic mass is 16.2. The standard InChI is InChI=1S/C22H26N2O/c25-22(24-14-12-19-9-4-5-10-20(19)17-24)21-11-6-13-23(16-21)15-18-7-2-1-3-8-18/h1-5,7-10,21H,6,11-17H2/p+1. The van der Waals surface area contributed by atoms with Crippen molar-refractivity contribution >= 4 is 5.91 Å². The van der Waals surface area contributed by atoms with Crippen molar-refractivity contribution in [3.05, 3.63) is 71.3 Å². The zero-order valence-electron chi connectivity index (χ0n) is 14.8. The molecule has 4 rings (SSSR count). The third kappa shape index (κ3) is 3.77. The molecule has 1 amide bonds. The Morgan fingerprint density at radius 3 is 2.64 bits per heavy atom. The predicted molar refractivity (Wildman–Crippen MR) is 99.1 cm³/mol. The van der Waals surface area contributed by atoms with Gasteiger partial charge in [0, 0.05) is 18.7 Å². The predicted octanol–water partition coefficient (Wildman–Crippen LogP) is 2.07. The van der Waals surface area contributed by atoms with Crippen LogP contribution in [0, 0.1) is 5.92 Å². The molecule has 0 aliphatic carbocycles. The average Bonchev–Trinajstić information content (AvgIpc) is 2.68. The highest BCUT2D eigenvalue weighted by molar-refractivity contribution is 5.79. The Labute approximate surface area is 150 Å². The van der Waals surface area contributed by atoms with Crippen LogP contribution >= 0.6 is 0 Å². The number of nitrogens with one attached hydrogen (secondary N) is 1. The van der Waals surface area contributed by atoms with Crippen molar-refractivity contribution in [3.63, 3.8) is 0 Å². The van der Waals surface area contributed by atoms with E-state index in [0.29, 0.717) is 5.91 Å². The smallest absolute Gasteiger partial charge is 0.231 e. The topological polar surface area (TPSA) is 24.8 Å². The molecule has 2 atom stereocenters. The molecule has 0 spiro atoms. The molecule has 0 radical (unpaired) electrons. The first-order valence-electron chi connectivity index (χ1n) is 9.52. The van der Waals surface area contributed by atoms with Gasteiger partial charge in [-0.15, -0.1) is 0 Å². The SMILES string of the molecule is O=C(C1CCC[NH+](Cc2ccccc2)C1)N1CCc2ccccc2C1. The minimum Gasteiger partial charge on any atom is -0.338 e. The average molecular weight is 335 g/mol. The maximum Gasteiger partial charge on any atom is 0.231 e. The number of piperidine rings is 1. The summed E-state index contributed by atoms with van der Waals surface area (Å²) in [6.07, 6.45) is 3.20. The largest absolute Gasteiger partial charge is 0.338 e. The second-order valence-corrected chi connectivity index (χ2v) is 7.48. The van der Waals surface area contributed by atoms with Crippen molar-refractivity contribution in [3.8, 4) is 0 Å². The lowest BCUT2D eigenvalue weighted by Crippen LogP contribution is -3.12. The van der Waals surface area contributed by atoms with Crippen LogP contribution < -0.4 is 4.90 Å². The van der Waals surface area contributed by atoms with Gasteiger partial charge in [0.2, 0.25) is 5.91 Å². The summed E-state index contributed by atoms with van der Waals surface area (Å²) in [5.74, 6) is 0.567. The number of benzene rings is 2. The number of nitrogens with zero attached hydrogens (tertiary/aromatic N) is 1. The van der Waals surface area contributed by atoms with E-state index in [1.807, 2.05) is 0 Å². The Morgan fingerprint density at radius 2 is 1.80 bits per heavy atom. The number of carbonyl (C=O) groups is 1. The van der Waals surface area contributed by atoms with Gasteiger partial charge in [0.05, 0.1) is 19.0 Å². The van der Waals surface area contributed by atoms with E-state index in [4.69, 9.17) is 0 Å². The molecule has 25 heavy (non-hydrogen) atoms. The maximum atomic E-state index is 13.1. The lowest BCUT2D eigenvalue weighted by atomic mass is 9.93. The van der Waals surface area contributed by atoms with Gasteiger partial charge in [-0.2, -0.15) is 0 Å². The van der Waals surface area contributed by atoms with Crippen molar-refractivity contribution in [1.82, 2.24) is 4.90 Å². The molecule has 2 aliphatic heterocycles. The van der Waals surface area contributed by atoms with Gasteiger partial charge >= 0.3 is 0 Å². The first-order valence-corrected chi connectivity index (χ1v) is 9.52. The van der Waals surface area contributed by atoms with Crippen molar-refractivity contribution in [2.24, 2.45) is 5.92 Å². The molecule has 3 nitrogen and oxygen atoms in total. The van der Waals surface area contributed by atoms with Crippen molar-refractivity contribution in [2.45, 2.75) is 32.4 Å². The Hall–Kier alpha value is -2.13. The van der Waals surface area contributed by atoms with E-state index in [1.54, 1.807) is 4.90 Å². The Bertz CT molecular complexity index is 728. The van der Waals surface area contributed by atoms with Gasteiger partial charge in [-0.25, -0.2) is 0 Å². The lowest BCUT2D eigenvalue weighted by Gasteiger charge is -2.35. The molecule has 0 bridgehead atoms. The second kappa shape index (κ2) is 7.40. The molecule has 0 saturated carbocycles. The lowest BCUT2D eigenvalue weighted by molar-refractivity contribution is -0.921. The van der Waals surface area contributed by atoms with Gasteiger partial charge < -0.3 is 9.80 Å². The molecular weight excluding hydrogens is 308 g/mol. The summed E-state index contributed by atoms with van der Waals surface area (Å²) in [5.41, 5.74) is 4.11. The number of amides is 1. The van der Waals surface area contributed by atoms with Crippen LogP contribution in [-0.4, -0.2) is 30.4 Å². The molecule has 2 aromatic rings. The Morgan fingerprint density at radius 1 is 1.04 bits per heavy atom. The number of hydrogen-bond donors (Lipinski definition) is 1. The summed E-state index contributed by atoms with van der Waals surface area (Å²) in [4.78, 5) is 16.7. The fourth-order valence-corrected chi connectivity index (χ4v) is 4.35. The Kier molecular flexibility index (Phi) is 4.84. The van der Waals surface area contributed by atoms with Crippen molar-refractivity contribution < 1.29 is 9.69 Å². The van der Waals surface area contributed by atoms with Crippen molar-refractivity contribution in [1.29, 1.82) is 0 Å². The molecule has 1 fully saturated rings. The molecule has 2 aromatic carbocycles. The number of rotatable bonds is 3. The first-order chi connectivity index (χ1) is 12.3. The van der Waals surface area contributed by atoms with E-state index < -0.39 is 0 Å². The minimum atomic E-state index is 0.192. The molecule has 2 heterocycles.